The van der Waals surface area contributed by atoms with Gasteiger partial charge in [-0.15, -0.1) is 0 Å². The molecule has 1 fully saturated rings. The lowest BCUT2D eigenvalue weighted by Crippen LogP contribution is -2.46. The van der Waals surface area contributed by atoms with Crippen LogP contribution in [0.5, 0.6) is 0 Å². The van der Waals surface area contributed by atoms with E-state index in [9.17, 15) is 4.79 Å². The number of aromatic nitrogens is 1. The van der Waals surface area contributed by atoms with Crippen LogP contribution < -0.4 is 4.90 Å². The summed E-state index contributed by atoms with van der Waals surface area (Å²) in [5.41, 5.74) is 4.75. The van der Waals surface area contributed by atoms with Gasteiger partial charge in [-0.25, -0.2) is 4.79 Å². The SMILES string of the molecule is N#Cc1ccc2[nH]cc(CCCN3CCN(c4ccc5oc(C(=O)O)cc5c4)CC3)c2c1. The molecular formula is C25H24N4O3. The van der Waals surface area contributed by atoms with Gasteiger partial charge in [0.05, 0.1) is 11.6 Å². The number of nitrogens with one attached hydrogen (secondary N) is 1. The Morgan fingerprint density at radius 3 is 2.75 bits per heavy atom. The average molecular weight is 428 g/mol. The molecule has 0 spiro atoms. The number of furan rings is 1. The molecule has 1 aliphatic heterocycles. The number of carboxylic acids is 1. The molecule has 0 unspecified atom stereocenters. The third kappa shape index (κ3) is 3.93. The number of fused-ring (bicyclic) bond motifs is 2. The minimum absolute atomic E-state index is 0.0268. The summed E-state index contributed by atoms with van der Waals surface area (Å²) in [5, 5.41) is 20.2. The van der Waals surface area contributed by atoms with Crippen molar-refractivity contribution in [2.24, 2.45) is 0 Å². The van der Waals surface area contributed by atoms with Crippen LogP contribution in [0.3, 0.4) is 0 Å². The zero-order valence-electron chi connectivity index (χ0n) is 17.7. The molecule has 5 rings (SSSR count). The number of piperazine rings is 1. The smallest absolute Gasteiger partial charge is 0.371 e. The third-order valence-electron chi connectivity index (χ3n) is 6.27. The van der Waals surface area contributed by atoms with Gasteiger partial charge in [-0.3, -0.25) is 4.90 Å². The zero-order chi connectivity index (χ0) is 22.1. The minimum Gasteiger partial charge on any atom is -0.475 e. The number of rotatable bonds is 6. The largest absolute Gasteiger partial charge is 0.475 e. The Morgan fingerprint density at radius 2 is 1.97 bits per heavy atom. The first-order valence-electron chi connectivity index (χ1n) is 10.8. The molecular weight excluding hydrogens is 404 g/mol. The number of hydrogen-bond acceptors (Lipinski definition) is 5. The summed E-state index contributed by atoms with van der Waals surface area (Å²) in [6.07, 6.45) is 4.12. The van der Waals surface area contributed by atoms with E-state index in [1.54, 1.807) is 6.07 Å². The monoisotopic (exact) mass is 428 g/mol. The molecule has 0 radical (unpaired) electrons. The molecule has 32 heavy (non-hydrogen) atoms. The van der Waals surface area contributed by atoms with Crippen LogP contribution in [-0.2, 0) is 6.42 Å². The summed E-state index contributed by atoms with van der Waals surface area (Å²) in [5.74, 6) is -1.07. The highest BCUT2D eigenvalue weighted by Crippen LogP contribution is 2.26. The van der Waals surface area contributed by atoms with Crippen molar-refractivity contribution in [3.63, 3.8) is 0 Å². The van der Waals surface area contributed by atoms with Gasteiger partial charge in [0.2, 0.25) is 5.76 Å². The van der Waals surface area contributed by atoms with Crippen molar-refractivity contribution in [1.29, 1.82) is 5.26 Å². The number of hydrogen-bond donors (Lipinski definition) is 2. The van der Waals surface area contributed by atoms with Gasteiger partial charge in [0.15, 0.2) is 0 Å². The summed E-state index contributed by atoms with van der Waals surface area (Å²) >= 11 is 0. The standard InChI is InChI=1S/C25H24N4O3/c26-15-17-3-5-22-21(12-17)18(16-27-22)2-1-7-28-8-10-29(11-9-28)20-4-6-23-19(13-20)14-24(32-23)25(30)31/h3-6,12-14,16,27H,1-2,7-11H2,(H,30,31). The molecule has 7 heteroatoms. The fourth-order valence-corrected chi connectivity index (χ4v) is 4.51. The Morgan fingerprint density at radius 1 is 1.12 bits per heavy atom. The minimum atomic E-state index is -1.05. The Kier molecular flexibility index (Phi) is 5.29. The highest BCUT2D eigenvalue weighted by Gasteiger charge is 2.18. The summed E-state index contributed by atoms with van der Waals surface area (Å²) in [6.45, 7) is 4.91. The molecule has 3 heterocycles. The number of nitriles is 1. The number of benzene rings is 2. The predicted octanol–water partition coefficient (Wildman–Crippen LogP) is 4.24. The predicted molar refractivity (Wildman–Crippen MR) is 123 cm³/mol. The number of carbonyl (C=O) groups is 1. The van der Waals surface area contributed by atoms with Crippen LogP contribution in [0, 0.1) is 11.3 Å². The first kappa shape index (κ1) is 20.2. The highest BCUT2D eigenvalue weighted by molar-refractivity contribution is 5.92. The molecule has 4 aromatic rings. The quantitative estimate of drug-likeness (QED) is 0.477. The Bertz CT molecular complexity index is 1320. The molecule has 1 saturated heterocycles. The number of aryl methyl sites for hydroxylation is 1. The van der Waals surface area contributed by atoms with Gasteiger partial charge < -0.3 is 19.4 Å². The van der Waals surface area contributed by atoms with Gasteiger partial charge in [0, 0.05) is 54.4 Å². The summed E-state index contributed by atoms with van der Waals surface area (Å²) in [4.78, 5) is 19.3. The second-order valence-electron chi connectivity index (χ2n) is 8.26. The van der Waals surface area contributed by atoms with Crippen molar-refractivity contribution in [3.8, 4) is 6.07 Å². The molecule has 1 aliphatic rings. The van der Waals surface area contributed by atoms with Crippen molar-refractivity contribution in [2.45, 2.75) is 12.8 Å². The molecule has 7 nitrogen and oxygen atoms in total. The van der Waals surface area contributed by atoms with Crippen LogP contribution in [0.2, 0.25) is 0 Å². The normalized spacial score (nSPS) is 14.8. The van der Waals surface area contributed by atoms with Crippen LogP contribution in [0.25, 0.3) is 21.9 Å². The number of aromatic carboxylic acids is 1. The van der Waals surface area contributed by atoms with Gasteiger partial charge in [0.1, 0.15) is 5.58 Å². The molecule has 2 aromatic carbocycles. The Balaban J connectivity index is 1.16. The van der Waals surface area contributed by atoms with Crippen LogP contribution in [-0.4, -0.2) is 53.7 Å². The molecule has 0 bridgehead atoms. The topological polar surface area (TPSA) is 96.5 Å². The van der Waals surface area contributed by atoms with Crippen LogP contribution in [0.1, 0.15) is 28.1 Å². The molecule has 0 saturated carbocycles. The maximum absolute atomic E-state index is 11.1. The molecule has 0 amide bonds. The molecule has 2 aromatic heterocycles. The lowest BCUT2D eigenvalue weighted by molar-refractivity contribution is 0.0665. The van der Waals surface area contributed by atoms with E-state index in [-0.39, 0.29) is 5.76 Å². The number of nitrogens with zero attached hydrogens (tertiary/aromatic N) is 3. The second kappa shape index (κ2) is 8.40. The summed E-state index contributed by atoms with van der Waals surface area (Å²) in [7, 11) is 0. The number of aromatic amines is 1. The summed E-state index contributed by atoms with van der Waals surface area (Å²) in [6, 6.07) is 15.4. The van der Waals surface area contributed by atoms with E-state index in [1.165, 1.54) is 5.56 Å². The van der Waals surface area contributed by atoms with Crippen LogP contribution >= 0.6 is 0 Å². The maximum Gasteiger partial charge on any atom is 0.371 e. The fourth-order valence-electron chi connectivity index (χ4n) is 4.51. The first-order chi connectivity index (χ1) is 15.6. The highest BCUT2D eigenvalue weighted by atomic mass is 16.4. The van der Waals surface area contributed by atoms with E-state index in [4.69, 9.17) is 14.8 Å². The van der Waals surface area contributed by atoms with Crippen LogP contribution in [0.15, 0.2) is 53.1 Å². The Labute approximate surface area is 185 Å². The van der Waals surface area contributed by atoms with Crippen LogP contribution in [0.4, 0.5) is 5.69 Å². The van der Waals surface area contributed by atoms with E-state index in [0.717, 1.165) is 67.5 Å². The van der Waals surface area contributed by atoms with Gasteiger partial charge in [-0.2, -0.15) is 5.26 Å². The molecule has 0 aliphatic carbocycles. The van der Waals surface area contributed by atoms with Gasteiger partial charge in [-0.1, -0.05) is 0 Å². The van der Waals surface area contributed by atoms with Crippen molar-refractivity contribution in [2.75, 3.05) is 37.6 Å². The number of carboxylic acid groups (broad SMARTS) is 1. The third-order valence-corrected chi connectivity index (χ3v) is 6.27. The summed E-state index contributed by atoms with van der Waals surface area (Å²) < 4.78 is 5.36. The Hall–Kier alpha value is -3.76. The first-order valence-corrected chi connectivity index (χ1v) is 10.8. The molecule has 162 valence electrons. The van der Waals surface area contributed by atoms with Crippen molar-refractivity contribution >= 4 is 33.5 Å². The second-order valence-corrected chi connectivity index (χ2v) is 8.26. The molecule has 2 N–H and O–H groups in total. The van der Waals surface area contributed by atoms with Crippen molar-refractivity contribution in [3.05, 3.63) is 65.5 Å². The zero-order valence-corrected chi connectivity index (χ0v) is 17.7. The lowest BCUT2D eigenvalue weighted by Gasteiger charge is -2.36. The van der Waals surface area contributed by atoms with E-state index >= 15 is 0 Å². The molecule has 0 atom stereocenters. The fraction of sp³-hybridized carbons (Fsp3) is 0.280. The van der Waals surface area contributed by atoms with Gasteiger partial charge in [-0.05, 0) is 67.4 Å². The van der Waals surface area contributed by atoms with E-state index in [2.05, 4.69) is 27.0 Å². The van der Waals surface area contributed by atoms with Crippen molar-refractivity contribution in [1.82, 2.24) is 9.88 Å². The number of H-pyrrole nitrogens is 1. The maximum atomic E-state index is 11.1. The number of anilines is 1. The van der Waals surface area contributed by atoms with Gasteiger partial charge >= 0.3 is 5.97 Å². The lowest BCUT2D eigenvalue weighted by atomic mass is 10.1. The average Bonchev–Trinajstić information content (AvgIpc) is 3.43. The van der Waals surface area contributed by atoms with E-state index in [0.29, 0.717) is 11.1 Å². The van der Waals surface area contributed by atoms with E-state index in [1.807, 2.05) is 36.4 Å². The van der Waals surface area contributed by atoms with E-state index < -0.39 is 5.97 Å². The van der Waals surface area contributed by atoms with Crippen molar-refractivity contribution < 1.29 is 14.3 Å². The van der Waals surface area contributed by atoms with Gasteiger partial charge in [0.25, 0.3) is 0 Å².